The zero-order chi connectivity index (χ0) is 17.9. The van der Waals surface area contributed by atoms with Crippen molar-refractivity contribution in [3.8, 4) is 0 Å². The summed E-state index contributed by atoms with van der Waals surface area (Å²) in [7, 11) is 0. The Kier molecular flexibility index (Phi) is 5.05. The molecule has 138 valence electrons. The van der Waals surface area contributed by atoms with E-state index in [1.54, 1.807) is 13.3 Å². The molecule has 0 unspecified atom stereocenters. The van der Waals surface area contributed by atoms with Crippen molar-refractivity contribution in [3.63, 3.8) is 0 Å². The van der Waals surface area contributed by atoms with Crippen LogP contribution >= 0.6 is 0 Å². The number of piperidine rings is 1. The second-order valence-corrected chi connectivity index (χ2v) is 7.67. The molecule has 3 heterocycles. The summed E-state index contributed by atoms with van der Waals surface area (Å²) in [5.41, 5.74) is 1.01. The van der Waals surface area contributed by atoms with Crippen molar-refractivity contribution in [1.82, 2.24) is 14.9 Å². The first-order valence-electron chi connectivity index (χ1n) is 9.96. The molecule has 26 heavy (non-hydrogen) atoms. The average Bonchev–Trinajstić information content (AvgIpc) is 2.94. The van der Waals surface area contributed by atoms with Crippen molar-refractivity contribution < 1.29 is 4.79 Å². The first-order chi connectivity index (χ1) is 12.7. The molecule has 0 bridgehead atoms. The molecule has 2 aliphatic rings. The van der Waals surface area contributed by atoms with Gasteiger partial charge in [-0.1, -0.05) is 25.0 Å². The van der Waals surface area contributed by atoms with Crippen LogP contribution in [0.2, 0.25) is 0 Å². The van der Waals surface area contributed by atoms with Gasteiger partial charge in [-0.25, -0.2) is 9.97 Å². The largest absolute Gasteiger partial charge is 0.356 e. The molecule has 2 aromatic rings. The maximum atomic E-state index is 12.1. The first kappa shape index (κ1) is 17.3. The van der Waals surface area contributed by atoms with Gasteiger partial charge in [0.25, 0.3) is 0 Å². The maximum absolute atomic E-state index is 12.1. The summed E-state index contributed by atoms with van der Waals surface area (Å²) in [5, 5.41) is 1.13. The van der Waals surface area contributed by atoms with E-state index in [0.29, 0.717) is 12.0 Å². The number of para-hydroxylation sites is 1. The van der Waals surface area contributed by atoms with Gasteiger partial charge in [0.15, 0.2) is 0 Å². The lowest BCUT2D eigenvalue weighted by atomic mass is 9.86. The molecule has 0 radical (unpaired) electrons. The fourth-order valence-electron chi connectivity index (χ4n) is 4.75. The van der Waals surface area contributed by atoms with Crippen LogP contribution in [0, 0.1) is 5.92 Å². The Bertz CT molecular complexity index is 764. The van der Waals surface area contributed by atoms with Crippen molar-refractivity contribution in [1.29, 1.82) is 0 Å². The van der Waals surface area contributed by atoms with E-state index in [9.17, 15) is 4.79 Å². The van der Waals surface area contributed by atoms with Crippen LogP contribution in [-0.2, 0) is 4.79 Å². The molecule has 1 amide bonds. The predicted octanol–water partition coefficient (Wildman–Crippen LogP) is 3.64. The highest BCUT2D eigenvalue weighted by Gasteiger charge is 2.33. The Balaban J connectivity index is 1.49. The summed E-state index contributed by atoms with van der Waals surface area (Å²) in [6, 6.07) is 8.66. The van der Waals surface area contributed by atoms with E-state index in [-0.39, 0.29) is 5.91 Å². The Hall–Kier alpha value is -2.17. The van der Waals surface area contributed by atoms with Gasteiger partial charge in [0.2, 0.25) is 5.91 Å². The van der Waals surface area contributed by atoms with E-state index in [2.05, 4.69) is 31.9 Å². The standard InChI is InChI=1S/C21H28N4O/c1-16(26)25-12-6-2-3-9-20(25)17-10-13-24(14-11-17)21-18-7-4-5-8-19(18)22-15-23-21/h4-5,7-8,15,17,20H,2-3,6,9-14H2,1H3/t20-/m1/s1. The van der Waals surface area contributed by atoms with Crippen LogP contribution < -0.4 is 4.90 Å². The average molecular weight is 352 g/mol. The summed E-state index contributed by atoms with van der Waals surface area (Å²) < 4.78 is 0. The number of amides is 1. The molecule has 0 aliphatic carbocycles. The molecule has 5 heteroatoms. The van der Waals surface area contributed by atoms with Gasteiger partial charge in [0, 0.05) is 38.0 Å². The van der Waals surface area contributed by atoms with Gasteiger partial charge in [0.1, 0.15) is 12.1 Å². The zero-order valence-electron chi connectivity index (χ0n) is 15.6. The lowest BCUT2D eigenvalue weighted by Gasteiger charge is -2.41. The number of hydrogen-bond acceptors (Lipinski definition) is 4. The van der Waals surface area contributed by atoms with Gasteiger partial charge >= 0.3 is 0 Å². The molecular formula is C21H28N4O. The van der Waals surface area contributed by atoms with Crippen molar-refractivity contribution in [2.45, 2.75) is 51.5 Å². The third-order valence-corrected chi connectivity index (χ3v) is 6.11. The summed E-state index contributed by atoms with van der Waals surface area (Å²) in [5.74, 6) is 1.92. The lowest BCUT2D eigenvalue weighted by Crippen LogP contribution is -2.47. The smallest absolute Gasteiger partial charge is 0.219 e. The van der Waals surface area contributed by atoms with Crippen LogP contribution in [0.25, 0.3) is 10.9 Å². The topological polar surface area (TPSA) is 49.3 Å². The SMILES string of the molecule is CC(=O)N1CCCCC[C@@H]1C1CCN(c2ncnc3ccccc23)CC1. The normalized spacial score (nSPS) is 22.4. The number of carbonyl (C=O) groups excluding carboxylic acids is 1. The zero-order valence-corrected chi connectivity index (χ0v) is 15.6. The van der Waals surface area contributed by atoms with Gasteiger partial charge in [0.05, 0.1) is 5.52 Å². The van der Waals surface area contributed by atoms with Gasteiger partial charge < -0.3 is 9.80 Å². The number of hydrogen-bond donors (Lipinski definition) is 0. The molecule has 0 N–H and O–H groups in total. The number of rotatable bonds is 2. The van der Waals surface area contributed by atoms with E-state index in [4.69, 9.17) is 0 Å². The lowest BCUT2D eigenvalue weighted by molar-refractivity contribution is -0.132. The summed E-state index contributed by atoms with van der Waals surface area (Å²) >= 11 is 0. The number of aromatic nitrogens is 2. The minimum absolute atomic E-state index is 0.251. The molecule has 5 nitrogen and oxygen atoms in total. The van der Waals surface area contributed by atoms with Crippen molar-refractivity contribution in [2.75, 3.05) is 24.5 Å². The van der Waals surface area contributed by atoms with E-state index in [1.165, 1.54) is 19.3 Å². The molecule has 1 aromatic heterocycles. The van der Waals surface area contributed by atoms with E-state index in [0.717, 1.165) is 55.6 Å². The number of anilines is 1. The molecule has 0 spiro atoms. The minimum Gasteiger partial charge on any atom is -0.356 e. The highest BCUT2D eigenvalue weighted by atomic mass is 16.2. The highest BCUT2D eigenvalue weighted by Crippen LogP contribution is 2.33. The Labute approximate surface area is 155 Å². The van der Waals surface area contributed by atoms with Crippen LogP contribution in [0.5, 0.6) is 0 Å². The van der Waals surface area contributed by atoms with Gasteiger partial charge in [-0.3, -0.25) is 4.79 Å². The maximum Gasteiger partial charge on any atom is 0.219 e. The van der Waals surface area contributed by atoms with Gasteiger partial charge in [-0.2, -0.15) is 0 Å². The number of carbonyl (C=O) groups is 1. The summed E-state index contributed by atoms with van der Waals surface area (Å²) in [6.07, 6.45) is 8.77. The van der Waals surface area contributed by atoms with Crippen LogP contribution in [0.3, 0.4) is 0 Å². The number of nitrogens with zero attached hydrogens (tertiary/aromatic N) is 4. The number of fused-ring (bicyclic) bond motifs is 1. The van der Waals surface area contributed by atoms with E-state index < -0.39 is 0 Å². The summed E-state index contributed by atoms with van der Waals surface area (Å²) in [4.78, 5) is 25.7. The third kappa shape index (κ3) is 3.39. The number of likely N-dealkylation sites (tertiary alicyclic amines) is 1. The third-order valence-electron chi connectivity index (χ3n) is 6.11. The Morgan fingerprint density at radius 1 is 1.00 bits per heavy atom. The Morgan fingerprint density at radius 2 is 1.81 bits per heavy atom. The molecular weight excluding hydrogens is 324 g/mol. The molecule has 4 rings (SSSR count). The molecule has 1 atom stereocenters. The van der Waals surface area contributed by atoms with Gasteiger partial charge in [-0.05, 0) is 43.7 Å². The van der Waals surface area contributed by atoms with Crippen LogP contribution in [0.15, 0.2) is 30.6 Å². The van der Waals surface area contributed by atoms with Crippen molar-refractivity contribution >= 4 is 22.6 Å². The monoisotopic (exact) mass is 352 g/mol. The fraction of sp³-hybridized carbons (Fsp3) is 0.571. The molecule has 2 fully saturated rings. The summed E-state index contributed by atoms with van der Waals surface area (Å²) in [6.45, 7) is 4.69. The first-order valence-corrected chi connectivity index (χ1v) is 9.96. The number of benzene rings is 1. The van der Waals surface area contributed by atoms with Gasteiger partial charge in [-0.15, -0.1) is 0 Å². The highest BCUT2D eigenvalue weighted by molar-refractivity contribution is 5.89. The van der Waals surface area contributed by atoms with Crippen LogP contribution in [0.4, 0.5) is 5.82 Å². The van der Waals surface area contributed by atoms with Crippen LogP contribution in [0.1, 0.15) is 45.4 Å². The molecule has 2 saturated heterocycles. The predicted molar refractivity (Wildman–Crippen MR) is 104 cm³/mol. The second kappa shape index (κ2) is 7.60. The molecule has 0 saturated carbocycles. The molecule has 1 aromatic carbocycles. The minimum atomic E-state index is 0.251. The Morgan fingerprint density at radius 3 is 2.62 bits per heavy atom. The van der Waals surface area contributed by atoms with Crippen molar-refractivity contribution in [3.05, 3.63) is 30.6 Å². The quantitative estimate of drug-likeness (QED) is 0.828. The van der Waals surface area contributed by atoms with E-state index >= 15 is 0 Å². The fourth-order valence-corrected chi connectivity index (χ4v) is 4.75. The van der Waals surface area contributed by atoms with E-state index in [1.807, 2.05) is 12.1 Å². The second-order valence-electron chi connectivity index (χ2n) is 7.67. The van der Waals surface area contributed by atoms with Crippen molar-refractivity contribution in [2.24, 2.45) is 5.92 Å². The molecule has 2 aliphatic heterocycles. The van der Waals surface area contributed by atoms with Crippen LogP contribution in [-0.4, -0.2) is 46.5 Å².